The minimum atomic E-state index is 0.184. The van der Waals surface area contributed by atoms with Crippen molar-refractivity contribution >= 4 is 0 Å². The fraction of sp³-hybridized carbons (Fsp3) is 1.00. The van der Waals surface area contributed by atoms with Crippen LogP contribution in [0, 0.1) is 10.8 Å². The second-order valence-electron chi connectivity index (χ2n) is 9.46. The van der Waals surface area contributed by atoms with E-state index >= 15 is 0 Å². The van der Waals surface area contributed by atoms with Gasteiger partial charge in [-0.2, -0.15) is 0 Å². The highest BCUT2D eigenvalue weighted by molar-refractivity contribution is 5.06. The van der Waals surface area contributed by atoms with Gasteiger partial charge in [-0.05, 0) is 59.4 Å². The van der Waals surface area contributed by atoms with Gasteiger partial charge in [0.15, 0.2) is 0 Å². The molecule has 24 heavy (non-hydrogen) atoms. The summed E-state index contributed by atoms with van der Waals surface area (Å²) in [4.78, 5) is 5.30. The predicted molar refractivity (Wildman–Crippen MR) is 113 cm³/mol. The first kappa shape index (κ1) is 26.2. The molecule has 0 N–H and O–H groups in total. The fourth-order valence-electron chi connectivity index (χ4n) is 3.53. The Kier molecular flexibility index (Phi) is 9.84. The van der Waals surface area contributed by atoms with Crippen molar-refractivity contribution in [1.82, 2.24) is 9.80 Å². The van der Waals surface area contributed by atoms with Gasteiger partial charge in [0.2, 0.25) is 0 Å². The van der Waals surface area contributed by atoms with Gasteiger partial charge in [0.25, 0.3) is 0 Å². The van der Waals surface area contributed by atoms with Crippen molar-refractivity contribution in [2.75, 3.05) is 20.1 Å². The van der Waals surface area contributed by atoms with E-state index in [0.29, 0.717) is 6.04 Å². The van der Waals surface area contributed by atoms with Crippen LogP contribution in [-0.2, 0) is 0 Å². The van der Waals surface area contributed by atoms with E-state index in [1.54, 1.807) is 0 Å². The molecular weight excluding hydrogens is 292 g/mol. The monoisotopic (exact) mass is 342 g/mol. The van der Waals surface area contributed by atoms with Crippen LogP contribution in [-0.4, -0.2) is 47.1 Å². The minimum Gasteiger partial charge on any atom is -0.300 e. The Labute approximate surface area is 155 Å². The van der Waals surface area contributed by atoms with Gasteiger partial charge in [0.1, 0.15) is 0 Å². The van der Waals surface area contributed by atoms with E-state index in [0.717, 1.165) is 13.1 Å². The van der Waals surface area contributed by atoms with E-state index < -0.39 is 0 Å². The van der Waals surface area contributed by atoms with Crippen molar-refractivity contribution in [2.45, 2.75) is 114 Å². The van der Waals surface area contributed by atoms with Gasteiger partial charge in [-0.15, -0.1) is 0 Å². The molecule has 1 rings (SSSR count). The van der Waals surface area contributed by atoms with Crippen LogP contribution in [0.4, 0.5) is 0 Å². The molecule has 1 fully saturated rings. The van der Waals surface area contributed by atoms with Crippen molar-refractivity contribution in [1.29, 1.82) is 0 Å². The molecule has 2 heteroatoms. The standard InChI is InChI=1S/C18H38N2.2C2H6/c1-14(2)20-13-16(5,6)17(7,8)19(11)12-15(3,4)18(20,9)10;2*1-2/h14H,12-13H2,1-11H3;2*1-2H3. The maximum Gasteiger partial charge on any atom is 0.0219 e. The van der Waals surface area contributed by atoms with Crippen molar-refractivity contribution in [3.8, 4) is 0 Å². The maximum absolute atomic E-state index is 2.72. The van der Waals surface area contributed by atoms with Gasteiger partial charge < -0.3 is 4.90 Å². The lowest BCUT2D eigenvalue weighted by atomic mass is 9.65. The number of nitrogens with zero attached hydrogens (tertiary/aromatic N) is 2. The van der Waals surface area contributed by atoms with Crippen LogP contribution in [0.25, 0.3) is 0 Å². The summed E-state index contributed by atoms with van der Waals surface area (Å²) >= 11 is 0. The number of hydrogen-bond donors (Lipinski definition) is 0. The Morgan fingerprint density at radius 2 is 0.958 bits per heavy atom. The van der Waals surface area contributed by atoms with E-state index in [9.17, 15) is 0 Å². The van der Waals surface area contributed by atoms with Crippen LogP contribution in [0.1, 0.15) is 96.9 Å². The normalized spacial score (nSPS) is 25.5. The molecule has 1 aliphatic rings. The van der Waals surface area contributed by atoms with Crippen molar-refractivity contribution in [3.63, 3.8) is 0 Å². The molecule has 0 aromatic carbocycles. The second-order valence-corrected chi connectivity index (χ2v) is 9.46. The molecule has 1 heterocycles. The quantitative estimate of drug-likeness (QED) is 0.551. The van der Waals surface area contributed by atoms with E-state index in [1.165, 1.54) is 0 Å². The molecule has 0 spiro atoms. The molecule has 0 bridgehead atoms. The second kappa shape index (κ2) is 9.03. The molecule has 1 saturated heterocycles. The van der Waals surface area contributed by atoms with Crippen LogP contribution in [0.15, 0.2) is 0 Å². The smallest absolute Gasteiger partial charge is 0.0219 e. The molecule has 0 saturated carbocycles. The molecule has 0 radical (unpaired) electrons. The van der Waals surface area contributed by atoms with Crippen LogP contribution < -0.4 is 0 Å². The lowest BCUT2D eigenvalue weighted by molar-refractivity contribution is -0.118. The third-order valence-corrected chi connectivity index (χ3v) is 6.81. The summed E-state index contributed by atoms with van der Waals surface area (Å²) in [7, 11) is 2.30. The summed E-state index contributed by atoms with van der Waals surface area (Å²) in [6, 6.07) is 0.572. The highest BCUT2D eigenvalue weighted by atomic mass is 15.3. The SMILES string of the molecule is CC.CC.CC(C)N1CC(C)(C)C(C)(C)N(C)CC(C)(C)C1(C)C. The van der Waals surface area contributed by atoms with E-state index in [4.69, 9.17) is 0 Å². The highest BCUT2D eigenvalue weighted by Gasteiger charge is 2.52. The Bertz CT molecular complexity index is 349. The van der Waals surface area contributed by atoms with Gasteiger partial charge >= 0.3 is 0 Å². The fourth-order valence-corrected chi connectivity index (χ4v) is 3.53. The molecule has 148 valence electrons. The minimum absolute atomic E-state index is 0.184. The Morgan fingerprint density at radius 1 is 0.625 bits per heavy atom. The van der Waals surface area contributed by atoms with Gasteiger partial charge in [-0.1, -0.05) is 55.4 Å². The van der Waals surface area contributed by atoms with Gasteiger partial charge in [-0.3, -0.25) is 4.90 Å². The molecule has 0 atom stereocenters. The molecule has 0 aromatic heterocycles. The highest BCUT2D eigenvalue weighted by Crippen LogP contribution is 2.46. The molecular formula is C22H50N2. The molecule has 2 nitrogen and oxygen atoms in total. The summed E-state index contributed by atoms with van der Waals surface area (Å²) in [5.41, 5.74) is 0.872. The molecule has 0 amide bonds. The average Bonchev–Trinajstić information content (AvgIpc) is 2.46. The van der Waals surface area contributed by atoms with Gasteiger partial charge in [0, 0.05) is 30.2 Å². The third-order valence-electron chi connectivity index (χ3n) is 6.81. The first-order chi connectivity index (χ1) is 10.7. The lowest BCUT2D eigenvalue weighted by Crippen LogP contribution is -2.69. The van der Waals surface area contributed by atoms with Crippen LogP contribution in [0.5, 0.6) is 0 Å². The first-order valence-electron chi connectivity index (χ1n) is 10.1. The van der Waals surface area contributed by atoms with E-state index in [1.807, 2.05) is 27.7 Å². The summed E-state index contributed by atoms with van der Waals surface area (Å²) in [5.74, 6) is 0. The van der Waals surface area contributed by atoms with Gasteiger partial charge in [-0.25, -0.2) is 0 Å². The zero-order valence-corrected chi connectivity index (χ0v) is 19.9. The summed E-state index contributed by atoms with van der Waals surface area (Å²) in [5, 5.41) is 0. The number of hydrogen-bond acceptors (Lipinski definition) is 2. The third kappa shape index (κ3) is 4.97. The number of rotatable bonds is 1. The Balaban J connectivity index is 0. The molecule has 1 aliphatic heterocycles. The molecule has 0 aliphatic carbocycles. The van der Waals surface area contributed by atoms with Crippen molar-refractivity contribution < 1.29 is 0 Å². The predicted octanol–water partition coefficient (Wildman–Crippen LogP) is 6.30. The zero-order valence-electron chi connectivity index (χ0n) is 19.9. The Morgan fingerprint density at radius 3 is 1.29 bits per heavy atom. The summed E-state index contributed by atoms with van der Waals surface area (Å²) in [6.45, 7) is 34.3. The summed E-state index contributed by atoms with van der Waals surface area (Å²) in [6.07, 6.45) is 0. The van der Waals surface area contributed by atoms with Crippen LogP contribution in [0.2, 0.25) is 0 Å². The average molecular weight is 343 g/mol. The van der Waals surface area contributed by atoms with E-state index in [-0.39, 0.29) is 21.9 Å². The Hall–Kier alpha value is -0.0800. The van der Waals surface area contributed by atoms with Crippen molar-refractivity contribution in [2.24, 2.45) is 10.8 Å². The van der Waals surface area contributed by atoms with Crippen LogP contribution in [0.3, 0.4) is 0 Å². The first-order valence-corrected chi connectivity index (χ1v) is 10.1. The largest absolute Gasteiger partial charge is 0.300 e. The van der Waals surface area contributed by atoms with E-state index in [2.05, 4.69) is 86.1 Å². The molecule has 0 aromatic rings. The lowest BCUT2D eigenvalue weighted by Gasteiger charge is -2.61. The maximum atomic E-state index is 2.72. The van der Waals surface area contributed by atoms with Crippen LogP contribution >= 0.6 is 0 Å². The zero-order chi connectivity index (χ0) is 20.1. The molecule has 0 unspecified atom stereocenters. The van der Waals surface area contributed by atoms with Crippen molar-refractivity contribution in [3.05, 3.63) is 0 Å². The topological polar surface area (TPSA) is 6.48 Å². The summed E-state index contributed by atoms with van der Waals surface area (Å²) < 4.78 is 0. The van der Waals surface area contributed by atoms with Gasteiger partial charge in [0.05, 0.1) is 0 Å².